The van der Waals surface area contributed by atoms with E-state index >= 15 is 0 Å². The number of para-hydroxylation sites is 1. The average Bonchev–Trinajstić information content (AvgIpc) is 2.90. The molecular weight excluding hydrogens is 432 g/mol. The maximum atomic E-state index is 13.1. The Kier molecular flexibility index (Phi) is 5.73. The molecule has 0 spiro atoms. The smallest absolute Gasteiger partial charge is 0.333 e. The van der Waals surface area contributed by atoms with Crippen LogP contribution in [0, 0.1) is 0 Å². The molecule has 9 nitrogen and oxygen atoms in total. The molecule has 0 bridgehead atoms. The maximum absolute atomic E-state index is 13.1. The van der Waals surface area contributed by atoms with Crippen LogP contribution in [0.3, 0.4) is 0 Å². The quantitative estimate of drug-likeness (QED) is 0.506. The third kappa shape index (κ3) is 4.11. The molecule has 5 rings (SSSR count). The van der Waals surface area contributed by atoms with Crippen LogP contribution in [0.15, 0.2) is 88.8 Å². The number of hydrogen-bond acceptors (Lipinski definition) is 6. The second-order valence-electron chi connectivity index (χ2n) is 7.89. The summed E-state index contributed by atoms with van der Waals surface area (Å²) in [5.74, 6) is 0.384. The summed E-state index contributed by atoms with van der Waals surface area (Å²) >= 11 is 0. The number of nitrogens with zero attached hydrogens (tertiary/aromatic N) is 5. The molecule has 1 saturated heterocycles. The zero-order valence-corrected chi connectivity index (χ0v) is 18.3. The molecule has 0 saturated carbocycles. The molecule has 0 aliphatic carbocycles. The molecule has 1 fully saturated rings. The minimum atomic E-state index is -0.634. The normalized spacial score (nSPS) is 13.6. The summed E-state index contributed by atoms with van der Waals surface area (Å²) in [6.07, 6.45) is 2.75. The second-order valence-corrected chi connectivity index (χ2v) is 7.89. The van der Waals surface area contributed by atoms with Crippen LogP contribution < -0.4 is 16.1 Å². The van der Waals surface area contributed by atoms with Gasteiger partial charge in [-0.3, -0.25) is 9.59 Å². The Labute approximate surface area is 195 Å². The lowest BCUT2D eigenvalue weighted by Gasteiger charge is -2.35. The molecule has 170 valence electrons. The number of piperazine rings is 1. The molecule has 2 aromatic carbocycles. The molecule has 1 aliphatic heterocycles. The van der Waals surface area contributed by atoms with Gasteiger partial charge >= 0.3 is 5.69 Å². The first-order valence-corrected chi connectivity index (χ1v) is 10.9. The van der Waals surface area contributed by atoms with E-state index < -0.39 is 17.2 Å². The van der Waals surface area contributed by atoms with Gasteiger partial charge in [-0.25, -0.2) is 19.3 Å². The molecule has 9 heteroatoms. The van der Waals surface area contributed by atoms with Crippen LogP contribution in [0.2, 0.25) is 0 Å². The Morgan fingerprint density at radius 1 is 0.853 bits per heavy atom. The monoisotopic (exact) mass is 454 g/mol. The van der Waals surface area contributed by atoms with Gasteiger partial charge in [0.2, 0.25) is 0 Å². The van der Waals surface area contributed by atoms with Gasteiger partial charge in [0.25, 0.3) is 11.5 Å². The number of aromatic nitrogens is 4. The minimum Gasteiger partial charge on any atom is -0.353 e. The molecule has 1 N–H and O–H groups in total. The third-order valence-electron chi connectivity index (χ3n) is 5.83. The van der Waals surface area contributed by atoms with Crippen molar-refractivity contribution in [3.8, 4) is 16.9 Å². The summed E-state index contributed by atoms with van der Waals surface area (Å²) in [5.41, 5.74) is 0.962. The Hall–Kier alpha value is -4.53. The number of H-pyrrole nitrogens is 1. The molecular formula is C25H22N6O3. The highest BCUT2D eigenvalue weighted by molar-refractivity contribution is 5.93. The van der Waals surface area contributed by atoms with E-state index in [4.69, 9.17) is 0 Å². The van der Waals surface area contributed by atoms with Crippen molar-refractivity contribution >= 4 is 11.7 Å². The Balaban J connectivity index is 1.33. The second kappa shape index (κ2) is 9.14. The van der Waals surface area contributed by atoms with Gasteiger partial charge in [-0.15, -0.1) is 0 Å². The van der Waals surface area contributed by atoms with Crippen molar-refractivity contribution < 1.29 is 4.79 Å². The van der Waals surface area contributed by atoms with Crippen molar-refractivity contribution in [3.63, 3.8) is 0 Å². The largest absolute Gasteiger partial charge is 0.353 e. The van der Waals surface area contributed by atoms with E-state index in [2.05, 4.69) is 19.9 Å². The number of hydrogen-bond donors (Lipinski definition) is 1. The van der Waals surface area contributed by atoms with Gasteiger partial charge in [0, 0.05) is 44.0 Å². The van der Waals surface area contributed by atoms with Crippen LogP contribution in [0.1, 0.15) is 10.4 Å². The summed E-state index contributed by atoms with van der Waals surface area (Å²) in [4.78, 5) is 53.4. The van der Waals surface area contributed by atoms with E-state index in [-0.39, 0.29) is 5.56 Å². The van der Waals surface area contributed by atoms with Crippen LogP contribution in [0.5, 0.6) is 0 Å². The van der Waals surface area contributed by atoms with Crippen molar-refractivity contribution in [3.05, 3.63) is 106 Å². The van der Waals surface area contributed by atoms with Crippen LogP contribution >= 0.6 is 0 Å². The number of rotatable bonds is 4. The van der Waals surface area contributed by atoms with Gasteiger partial charge in [-0.1, -0.05) is 48.5 Å². The number of benzene rings is 2. The zero-order valence-electron chi connectivity index (χ0n) is 18.3. The van der Waals surface area contributed by atoms with Gasteiger partial charge < -0.3 is 14.8 Å². The Morgan fingerprint density at radius 2 is 1.53 bits per heavy atom. The summed E-state index contributed by atoms with van der Waals surface area (Å²) < 4.78 is 0.982. The predicted octanol–water partition coefficient (Wildman–Crippen LogP) is 1.95. The highest BCUT2D eigenvalue weighted by Gasteiger charge is 2.26. The molecule has 2 aromatic heterocycles. The predicted molar refractivity (Wildman–Crippen MR) is 128 cm³/mol. The molecule has 34 heavy (non-hydrogen) atoms. The number of carbonyl (C=O) groups is 1. The van der Waals surface area contributed by atoms with Crippen molar-refractivity contribution in [2.24, 2.45) is 0 Å². The standard InChI is InChI=1S/C25H22N6O3/c32-23(20-16-26-25(34)31(24(20)33)19-9-5-2-6-10-19)30-13-11-29(12-14-30)22-15-21(27-17-28-22)18-7-3-1-4-8-18/h1-10,15-17H,11-14H2,(H,26,34). The maximum Gasteiger partial charge on any atom is 0.333 e. The van der Waals surface area contributed by atoms with Crippen molar-refractivity contribution in [2.45, 2.75) is 0 Å². The molecule has 1 aliphatic rings. The average molecular weight is 454 g/mol. The van der Waals surface area contributed by atoms with E-state index in [1.165, 1.54) is 6.20 Å². The van der Waals surface area contributed by atoms with Crippen molar-refractivity contribution in [1.29, 1.82) is 0 Å². The zero-order chi connectivity index (χ0) is 23.5. The van der Waals surface area contributed by atoms with E-state index in [9.17, 15) is 14.4 Å². The van der Waals surface area contributed by atoms with Crippen LogP contribution in [0.25, 0.3) is 16.9 Å². The highest BCUT2D eigenvalue weighted by atomic mass is 16.2. The number of nitrogens with one attached hydrogen (secondary N) is 1. The number of amides is 1. The summed E-state index contributed by atoms with van der Waals surface area (Å²) in [6.45, 7) is 1.97. The summed E-state index contributed by atoms with van der Waals surface area (Å²) in [7, 11) is 0. The van der Waals surface area contributed by atoms with Crippen LogP contribution in [-0.4, -0.2) is 56.5 Å². The fourth-order valence-corrected chi connectivity index (χ4v) is 4.03. The van der Waals surface area contributed by atoms with Gasteiger partial charge in [0.15, 0.2) is 0 Å². The van der Waals surface area contributed by atoms with E-state index in [1.54, 1.807) is 41.6 Å². The topological polar surface area (TPSA) is 104 Å². The van der Waals surface area contributed by atoms with E-state index in [0.29, 0.717) is 31.9 Å². The molecule has 1 amide bonds. The Morgan fingerprint density at radius 3 is 2.24 bits per heavy atom. The van der Waals surface area contributed by atoms with Gasteiger partial charge in [0.1, 0.15) is 17.7 Å². The van der Waals surface area contributed by atoms with Crippen molar-refractivity contribution in [2.75, 3.05) is 31.1 Å². The van der Waals surface area contributed by atoms with Crippen LogP contribution in [-0.2, 0) is 0 Å². The van der Waals surface area contributed by atoms with E-state index in [0.717, 1.165) is 21.6 Å². The minimum absolute atomic E-state index is 0.0645. The van der Waals surface area contributed by atoms with Crippen LogP contribution in [0.4, 0.5) is 5.82 Å². The van der Waals surface area contributed by atoms with Gasteiger partial charge in [-0.2, -0.15) is 0 Å². The number of carbonyl (C=O) groups excluding carboxylic acids is 1. The SMILES string of the molecule is O=C(c1c[nH]c(=O)n(-c2ccccc2)c1=O)N1CCN(c2cc(-c3ccccc3)ncn2)CC1. The molecule has 3 heterocycles. The molecule has 0 atom stereocenters. The fourth-order valence-electron chi connectivity index (χ4n) is 4.03. The summed E-state index contributed by atoms with van der Waals surface area (Å²) in [5, 5.41) is 0. The van der Waals surface area contributed by atoms with Crippen molar-refractivity contribution in [1.82, 2.24) is 24.4 Å². The first kappa shape index (κ1) is 21.3. The number of aromatic amines is 1. The number of anilines is 1. The lowest BCUT2D eigenvalue weighted by atomic mass is 10.1. The molecule has 4 aromatic rings. The summed E-state index contributed by atoms with van der Waals surface area (Å²) in [6, 6.07) is 20.4. The fraction of sp³-hybridized carbons (Fsp3) is 0.160. The third-order valence-corrected chi connectivity index (χ3v) is 5.83. The lowest BCUT2D eigenvalue weighted by molar-refractivity contribution is 0.0743. The van der Waals surface area contributed by atoms with E-state index in [1.807, 2.05) is 36.4 Å². The molecule has 0 unspecified atom stereocenters. The first-order valence-electron chi connectivity index (χ1n) is 10.9. The van der Waals surface area contributed by atoms with Gasteiger partial charge in [0.05, 0.1) is 11.4 Å². The highest BCUT2D eigenvalue weighted by Crippen LogP contribution is 2.21. The first-order chi connectivity index (χ1) is 16.6. The Bertz CT molecular complexity index is 1420. The molecule has 0 radical (unpaired) electrons. The van der Waals surface area contributed by atoms with Gasteiger partial charge in [-0.05, 0) is 12.1 Å². The lowest BCUT2D eigenvalue weighted by Crippen LogP contribution is -2.50.